The summed E-state index contributed by atoms with van der Waals surface area (Å²) in [4.78, 5) is 10.6. The summed E-state index contributed by atoms with van der Waals surface area (Å²) in [7, 11) is 0. The van der Waals surface area contributed by atoms with Gasteiger partial charge < -0.3 is 4.74 Å². The second-order valence-corrected chi connectivity index (χ2v) is 2.28. The van der Waals surface area contributed by atoms with Gasteiger partial charge in [-0.3, -0.25) is 9.50 Å². The lowest BCUT2D eigenvalue weighted by atomic mass is 10.3. The van der Waals surface area contributed by atoms with Crippen LogP contribution in [0.15, 0.2) is 0 Å². The molecule has 0 aliphatic rings. The van der Waals surface area contributed by atoms with Gasteiger partial charge in [0.1, 0.15) is 0 Å². The van der Waals surface area contributed by atoms with E-state index in [2.05, 4.69) is 6.92 Å². The number of carbonyl (C=O) groups is 1. The molecule has 0 radical (unpaired) electrons. The zero-order chi connectivity index (χ0) is 7.82. The first-order chi connectivity index (χ1) is 4.81. The number of rotatable bonds is 5. The highest BCUT2D eigenvalue weighted by Gasteiger charge is 1.95. The minimum Gasteiger partial charge on any atom is -0.466 e. The van der Waals surface area contributed by atoms with Crippen molar-refractivity contribution in [3.05, 3.63) is 0 Å². The van der Waals surface area contributed by atoms with Gasteiger partial charge in [0.05, 0.1) is 6.61 Å². The molecule has 0 aliphatic carbocycles. The van der Waals surface area contributed by atoms with Gasteiger partial charge in [-0.1, -0.05) is 26.7 Å². The number of unbranched alkanes of at least 4 members (excludes halogenated alkanes) is 2. The van der Waals surface area contributed by atoms with Crippen LogP contribution in [0.25, 0.3) is 0 Å². The van der Waals surface area contributed by atoms with Crippen molar-refractivity contribution in [1.29, 1.82) is 0 Å². The normalized spacial score (nSPS) is 8.55. The molecule has 0 aromatic rings. The molecule has 0 amide bonds. The van der Waals surface area contributed by atoms with Crippen molar-refractivity contribution in [3.63, 3.8) is 0 Å². The van der Waals surface area contributed by atoms with Gasteiger partial charge in [-0.15, -0.1) is 0 Å². The van der Waals surface area contributed by atoms with E-state index in [0.29, 0.717) is 13.0 Å². The van der Waals surface area contributed by atoms with Crippen molar-refractivity contribution in [2.75, 3.05) is 6.61 Å². The van der Waals surface area contributed by atoms with Crippen LogP contribution in [-0.4, -0.2) is 12.6 Å². The monoisotopic (exact) mass is 164 g/mol. The standard InChI is InChI=1S/C8H16O2.FH/c1-3-5-6-7-10-8(9)4-2;/h3-7H2,1-2H3;1H. The summed E-state index contributed by atoms with van der Waals surface area (Å²) >= 11 is 0. The second-order valence-electron chi connectivity index (χ2n) is 2.28. The minimum atomic E-state index is -0.0869. The lowest BCUT2D eigenvalue weighted by molar-refractivity contribution is -0.143. The largest absolute Gasteiger partial charge is 0.466 e. The Balaban J connectivity index is 0. The Morgan fingerprint density at radius 1 is 1.27 bits per heavy atom. The molecule has 0 saturated heterocycles. The van der Waals surface area contributed by atoms with Gasteiger partial charge in [-0.05, 0) is 6.42 Å². The molecule has 0 aromatic heterocycles. The molecule has 0 N–H and O–H groups in total. The fraction of sp³-hybridized carbons (Fsp3) is 0.875. The van der Waals surface area contributed by atoms with Crippen LogP contribution in [0.2, 0.25) is 0 Å². The molecule has 2 nitrogen and oxygen atoms in total. The first-order valence-electron chi connectivity index (χ1n) is 3.96. The van der Waals surface area contributed by atoms with Crippen LogP contribution in [-0.2, 0) is 9.53 Å². The van der Waals surface area contributed by atoms with E-state index >= 15 is 0 Å². The zero-order valence-corrected chi connectivity index (χ0v) is 7.26. The van der Waals surface area contributed by atoms with Crippen LogP contribution in [0.3, 0.4) is 0 Å². The van der Waals surface area contributed by atoms with E-state index in [1.807, 2.05) is 6.92 Å². The van der Waals surface area contributed by atoms with Gasteiger partial charge in [0, 0.05) is 6.42 Å². The van der Waals surface area contributed by atoms with Crippen molar-refractivity contribution < 1.29 is 14.2 Å². The highest BCUT2D eigenvalue weighted by atomic mass is 19.0. The molecule has 0 atom stereocenters. The SMILES string of the molecule is CCCCCOC(=O)CC.F. The van der Waals surface area contributed by atoms with Crippen molar-refractivity contribution >= 4 is 5.97 Å². The van der Waals surface area contributed by atoms with Crippen LogP contribution in [0.5, 0.6) is 0 Å². The summed E-state index contributed by atoms with van der Waals surface area (Å²) in [6, 6.07) is 0. The number of hydrogen-bond acceptors (Lipinski definition) is 2. The Bertz CT molecular complexity index is 94.1. The van der Waals surface area contributed by atoms with E-state index in [0.717, 1.165) is 12.8 Å². The number of esters is 1. The van der Waals surface area contributed by atoms with Crippen LogP contribution < -0.4 is 0 Å². The van der Waals surface area contributed by atoms with E-state index in [-0.39, 0.29) is 10.7 Å². The van der Waals surface area contributed by atoms with Crippen molar-refractivity contribution in [2.24, 2.45) is 0 Å². The Kier molecular flexibility index (Phi) is 11.1. The number of carbonyl (C=O) groups excluding carboxylic acids is 1. The van der Waals surface area contributed by atoms with Gasteiger partial charge >= 0.3 is 5.97 Å². The first kappa shape index (κ1) is 13.0. The first-order valence-corrected chi connectivity index (χ1v) is 3.96. The van der Waals surface area contributed by atoms with Gasteiger partial charge in [-0.25, -0.2) is 0 Å². The molecule has 0 heterocycles. The van der Waals surface area contributed by atoms with Crippen LogP contribution in [0.4, 0.5) is 4.70 Å². The van der Waals surface area contributed by atoms with E-state index in [1.165, 1.54) is 6.42 Å². The fourth-order valence-corrected chi connectivity index (χ4v) is 0.640. The maximum Gasteiger partial charge on any atom is 0.305 e. The van der Waals surface area contributed by atoms with Gasteiger partial charge in [0.25, 0.3) is 0 Å². The Morgan fingerprint density at radius 3 is 2.36 bits per heavy atom. The molecule has 0 spiro atoms. The fourth-order valence-electron chi connectivity index (χ4n) is 0.640. The third-order valence-corrected chi connectivity index (χ3v) is 1.30. The van der Waals surface area contributed by atoms with Crippen molar-refractivity contribution in [2.45, 2.75) is 39.5 Å². The summed E-state index contributed by atoms with van der Waals surface area (Å²) < 4.78 is 4.85. The van der Waals surface area contributed by atoms with E-state index < -0.39 is 0 Å². The van der Waals surface area contributed by atoms with E-state index in [4.69, 9.17) is 4.74 Å². The quantitative estimate of drug-likeness (QED) is 0.460. The molecule has 3 heteroatoms. The zero-order valence-electron chi connectivity index (χ0n) is 7.26. The molecular formula is C8H17FO2. The summed E-state index contributed by atoms with van der Waals surface area (Å²) in [6.07, 6.45) is 3.81. The van der Waals surface area contributed by atoms with E-state index in [1.54, 1.807) is 0 Å². The lowest BCUT2D eigenvalue weighted by Crippen LogP contribution is -2.03. The number of hydrogen-bond donors (Lipinski definition) is 0. The Labute approximate surface area is 67.3 Å². The van der Waals surface area contributed by atoms with Gasteiger partial charge in [0.2, 0.25) is 0 Å². The molecule has 0 fully saturated rings. The Morgan fingerprint density at radius 2 is 1.91 bits per heavy atom. The molecule has 0 saturated carbocycles. The maximum absolute atomic E-state index is 10.6. The molecule has 0 rings (SSSR count). The predicted molar refractivity (Wildman–Crippen MR) is 43.3 cm³/mol. The molecule has 11 heavy (non-hydrogen) atoms. The average molecular weight is 164 g/mol. The molecule has 0 bridgehead atoms. The van der Waals surface area contributed by atoms with Crippen LogP contribution in [0.1, 0.15) is 39.5 Å². The molecular weight excluding hydrogens is 147 g/mol. The summed E-state index contributed by atoms with van der Waals surface area (Å²) in [5.74, 6) is -0.0869. The lowest BCUT2D eigenvalue weighted by Gasteiger charge is -2.00. The molecule has 68 valence electrons. The highest BCUT2D eigenvalue weighted by molar-refractivity contribution is 5.68. The predicted octanol–water partition coefficient (Wildman–Crippen LogP) is 2.28. The third kappa shape index (κ3) is 9.40. The third-order valence-electron chi connectivity index (χ3n) is 1.30. The summed E-state index contributed by atoms with van der Waals surface area (Å²) in [5.41, 5.74) is 0. The van der Waals surface area contributed by atoms with Crippen LogP contribution in [0, 0.1) is 0 Å². The smallest absolute Gasteiger partial charge is 0.305 e. The number of ether oxygens (including phenoxy) is 1. The van der Waals surface area contributed by atoms with Crippen molar-refractivity contribution in [3.8, 4) is 0 Å². The summed E-state index contributed by atoms with van der Waals surface area (Å²) in [6.45, 7) is 4.53. The van der Waals surface area contributed by atoms with E-state index in [9.17, 15) is 4.79 Å². The molecule has 0 unspecified atom stereocenters. The highest BCUT2D eigenvalue weighted by Crippen LogP contribution is 1.95. The minimum absolute atomic E-state index is 0. The Hall–Kier alpha value is -0.600. The average Bonchev–Trinajstić information content (AvgIpc) is 1.98. The summed E-state index contributed by atoms with van der Waals surface area (Å²) in [5, 5.41) is 0. The maximum atomic E-state index is 10.6. The topological polar surface area (TPSA) is 26.3 Å². The second kappa shape index (κ2) is 9.40. The van der Waals surface area contributed by atoms with Crippen LogP contribution >= 0.6 is 0 Å². The molecule has 0 aliphatic heterocycles. The molecule has 0 aromatic carbocycles. The van der Waals surface area contributed by atoms with Crippen molar-refractivity contribution in [1.82, 2.24) is 0 Å². The van der Waals surface area contributed by atoms with Gasteiger partial charge in [-0.2, -0.15) is 0 Å². The van der Waals surface area contributed by atoms with Gasteiger partial charge in [0.15, 0.2) is 0 Å². The number of halogens is 1.